The van der Waals surface area contributed by atoms with Crippen LogP contribution in [0.5, 0.6) is 0 Å². The number of carbonyl (C=O) groups excluding carboxylic acids is 2. The second-order valence-corrected chi connectivity index (χ2v) is 5.18. The van der Waals surface area contributed by atoms with Crippen molar-refractivity contribution in [2.45, 2.75) is 6.92 Å². The normalized spacial score (nSPS) is 13.5. The number of benzene rings is 2. The summed E-state index contributed by atoms with van der Waals surface area (Å²) in [4.78, 5) is 30.2. The zero-order chi connectivity index (χ0) is 16.0. The first-order chi connectivity index (χ1) is 11.1. The highest BCUT2D eigenvalue weighted by molar-refractivity contribution is 6.34. The molecule has 0 bridgehead atoms. The van der Waals surface area contributed by atoms with Crippen molar-refractivity contribution in [1.82, 2.24) is 10.1 Å². The van der Waals surface area contributed by atoms with Gasteiger partial charge < -0.3 is 4.52 Å². The van der Waals surface area contributed by atoms with E-state index in [-0.39, 0.29) is 11.8 Å². The van der Waals surface area contributed by atoms with Crippen LogP contribution >= 0.6 is 0 Å². The second-order valence-electron chi connectivity index (χ2n) is 5.18. The van der Waals surface area contributed by atoms with E-state index in [0.717, 1.165) is 5.56 Å². The third-order valence-electron chi connectivity index (χ3n) is 3.71. The number of hydrogen-bond donors (Lipinski definition) is 0. The van der Waals surface area contributed by atoms with E-state index in [2.05, 4.69) is 10.1 Å². The summed E-state index contributed by atoms with van der Waals surface area (Å²) >= 11 is 0. The number of imide groups is 1. The van der Waals surface area contributed by atoms with Crippen LogP contribution in [0.2, 0.25) is 0 Å². The van der Waals surface area contributed by atoms with Crippen molar-refractivity contribution in [3.8, 4) is 11.4 Å². The summed E-state index contributed by atoms with van der Waals surface area (Å²) in [5, 5.41) is 3.84. The number of hydrogen-bond acceptors (Lipinski definition) is 5. The third kappa shape index (κ3) is 2.03. The Kier molecular flexibility index (Phi) is 2.84. The molecule has 0 saturated carbocycles. The predicted molar refractivity (Wildman–Crippen MR) is 82.1 cm³/mol. The van der Waals surface area contributed by atoms with Crippen LogP contribution < -0.4 is 4.90 Å². The lowest BCUT2D eigenvalue weighted by atomic mass is 10.1. The molecule has 0 atom stereocenters. The van der Waals surface area contributed by atoms with Crippen molar-refractivity contribution in [3.63, 3.8) is 0 Å². The van der Waals surface area contributed by atoms with Crippen molar-refractivity contribution in [1.29, 1.82) is 0 Å². The maximum atomic E-state index is 12.4. The maximum Gasteiger partial charge on any atom is 0.266 e. The first-order valence-electron chi connectivity index (χ1n) is 7.04. The molecule has 0 saturated heterocycles. The highest BCUT2D eigenvalue weighted by Gasteiger charge is 2.36. The largest absolute Gasteiger partial charge is 0.339 e. The second kappa shape index (κ2) is 4.88. The van der Waals surface area contributed by atoms with Gasteiger partial charge in [0.05, 0.1) is 16.8 Å². The lowest BCUT2D eigenvalue weighted by Crippen LogP contribution is -2.29. The summed E-state index contributed by atoms with van der Waals surface area (Å²) in [6, 6.07) is 13.7. The average molecular weight is 305 g/mol. The minimum Gasteiger partial charge on any atom is -0.339 e. The Hall–Kier alpha value is -3.28. The van der Waals surface area contributed by atoms with Gasteiger partial charge >= 0.3 is 0 Å². The lowest BCUT2D eigenvalue weighted by Gasteiger charge is -2.13. The smallest absolute Gasteiger partial charge is 0.266 e. The van der Waals surface area contributed by atoms with Crippen molar-refractivity contribution in [3.05, 3.63) is 65.5 Å². The molecule has 0 spiro atoms. The van der Waals surface area contributed by atoms with Crippen molar-refractivity contribution in [2.24, 2.45) is 0 Å². The van der Waals surface area contributed by atoms with Gasteiger partial charge in [0.25, 0.3) is 11.8 Å². The van der Waals surface area contributed by atoms with Crippen LogP contribution in [0.1, 0.15) is 26.6 Å². The number of aromatic nitrogens is 2. The van der Waals surface area contributed by atoms with E-state index in [4.69, 9.17) is 4.52 Å². The first-order valence-corrected chi connectivity index (χ1v) is 7.04. The molecule has 0 radical (unpaired) electrons. The summed E-state index contributed by atoms with van der Waals surface area (Å²) in [7, 11) is 0. The quantitative estimate of drug-likeness (QED) is 0.680. The summed E-state index contributed by atoms with van der Waals surface area (Å²) in [5.74, 6) is 0.323. The fourth-order valence-electron chi connectivity index (χ4n) is 2.60. The van der Waals surface area contributed by atoms with Gasteiger partial charge in [0.15, 0.2) is 0 Å². The topological polar surface area (TPSA) is 76.3 Å². The van der Waals surface area contributed by atoms with E-state index in [1.165, 1.54) is 4.90 Å². The van der Waals surface area contributed by atoms with E-state index in [9.17, 15) is 9.59 Å². The number of aryl methyl sites for hydroxylation is 1. The minimum absolute atomic E-state index is 0.311. The molecule has 0 unspecified atom stereocenters. The SMILES string of the molecule is Cc1nc(-c2ccc(N3C(=O)c4ccccc4C3=O)cc2)no1. The lowest BCUT2D eigenvalue weighted by molar-refractivity contribution is 0.0926. The number of nitrogens with zero attached hydrogens (tertiary/aromatic N) is 3. The molecule has 4 rings (SSSR count). The molecule has 0 fully saturated rings. The van der Waals surface area contributed by atoms with Crippen LogP contribution in [0.3, 0.4) is 0 Å². The molecule has 6 nitrogen and oxygen atoms in total. The van der Waals surface area contributed by atoms with Crippen molar-refractivity contribution < 1.29 is 14.1 Å². The van der Waals surface area contributed by atoms with Gasteiger partial charge in [-0.25, -0.2) is 4.90 Å². The average Bonchev–Trinajstić information content (AvgIpc) is 3.11. The zero-order valence-corrected chi connectivity index (χ0v) is 12.2. The van der Waals surface area contributed by atoms with Crippen molar-refractivity contribution in [2.75, 3.05) is 4.90 Å². The molecule has 1 aromatic heterocycles. The van der Waals surface area contributed by atoms with Gasteiger partial charge in [0.1, 0.15) is 0 Å². The van der Waals surface area contributed by atoms with Crippen LogP contribution in [0.15, 0.2) is 53.1 Å². The van der Waals surface area contributed by atoms with Gasteiger partial charge in [-0.3, -0.25) is 9.59 Å². The Labute approximate surface area is 131 Å². The molecule has 2 aromatic carbocycles. The van der Waals surface area contributed by atoms with Crippen LogP contribution in [0.25, 0.3) is 11.4 Å². The molecular weight excluding hydrogens is 294 g/mol. The molecule has 6 heteroatoms. The van der Waals surface area contributed by atoms with Crippen LogP contribution in [0, 0.1) is 6.92 Å². The molecule has 1 aliphatic heterocycles. The van der Waals surface area contributed by atoms with Gasteiger partial charge in [-0.2, -0.15) is 4.98 Å². The maximum absolute atomic E-state index is 12.4. The van der Waals surface area contributed by atoms with E-state index >= 15 is 0 Å². The van der Waals surface area contributed by atoms with Crippen molar-refractivity contribution >= 4 is 17.5 Å². The number of rotatable bonds is 2. The predicted octanol–water partition coefficient (Wildman–Crippen LogP) is 2.85. The highest BCUT2D eigenvalue weighted by atomic mass is 16.5. The summed E-state index contributed by atoms with van der Waals surface area (Å²) in [5.41, 5.74) is 2.12. The van der Waals surface area contributed by atoms with Gasteiger partial charge in [0, 0.05) is 12.5 Å². The van der Waals surface area contributed by atoms with Gasteiger partial charge in [0.2, 0.25) is 11.7 Å². The van der Waals surface area contributed by atoms with Crippen LogP contribution in [0.4, 0.5) is 5.69 Å². The van der Waals surface area contributed by atoms with Gasteiger partial charge in [-0.1, -0.05) is 17.3 Å². The molecule has 3 aromatic rings. The first kappa shape index (κ1) is 13.4. The zero-order valence-electron chi connectivity index (χ0n) is 12.2. The standard InChI is InChI=1S/C17H11N3O3/c1-10-18-15(19-23-10)11-6-8-12(9-7-11)20-16(21)13-4-2-3-5-14(13)17(20)22/h2-9H,1H3. The Morgan fingerprint density at radius 1 is 0.913 bits per heavy atom. The molecule has 0 aliphatic carbocycles. The Bertz CT molecular complexity index is 893. The summed E-state index contributed by atoms with van der Waals surface area (Å²) in [6.45, 7) is 1.71. The van der Waals surface area contributed by atoms with E-state index in [0.29, 0.717) is 28.5 Å². The summed E-state index contributed by atoms with van der Waals surface area (Å²) in [6.07, 6.45) is 0. The number of fused-ring (bicyclic) bond motifs is 1. The minimum atomic E-state index is -0.311. The fourth-order valence-corrected chi connectivity index (χ4v) is 2.60. The molecule has 1 aliphatic rings. The Balaban J connectivity index is 1.70. The molecule has 2 heterocycles. The number of anilines is 1. The number of amides is 2. The Morgan fingerprint density at radius 3 is 2.04 bits per heavy atom. The van der Waals surface area contributed by atoms with Crippen LogP contribution in [-0.2, 0) is 0 Å². The van der Waals surface area contributed by atoms with Gasteiger partial charge in [-0.15, -0.1) is 0 Å². The molecule has 2 amide bonds. The van der Waals surface area contributed by atoms with Crippen LogP contribution in [-0.4, -0.2) is 22.0 Å². The highest BCUT2D eigenvalue weighted by Crippen LogP contribution is 2.29. The van der Waals surface area contributed by atoms with E-state index in [1.807, 2.05) is 0 Å². The summed E-state index contributed by atoms with van der Waals surface area (Å²) < 4.78 is 4.95. The molecule has 112 valence electrons. The van der Waals surface area contributed by atoms with E-state index < -0.39 is 0 Å². The Morgan fingerprint density at radius 2 is 1.52 bits per heavy atom. The molecule has 0 N–H and O–H groups in total. The molecule has 23 heavy (non-hydrogen) atoms. The van der Waals surface area contributed by atoms with Gasteiger partial charge in [-0.05, 0) is 36.4 Å². The number of carbonyl (C=O) groups is 2. The molecular formula is C17H11N3O3. The third-order valence-corrected chi connectivity index (χ3v) is 3.71. The fraction of sp³-hybridized carbons (Fsp3) is 0.0588. The van der Waals surface area contributed by atoms with E-state index in [1.54, 1.807) is 55.5 Å². The monoisotopic (exact) mass is 305 g/mol.